The van der Waals surface area contributed by atoms with E-state index in [0.717, 1.165) is 5.57 Å². The second-order valence-corrected chi connectivity index (χ2v) is 6.75. The molecule has 2 aromatic rings. The smallest absolute Gasteiger partial charge is 0.432 e. The highest BCUT2D eigenvalue weighted by atomic mass is 19.3. The molecule has 170 valence electrons. The van der Waals surface area contributed by atoms with Crippen LogP contribution in [0.1, 0.15) is 25.5 Å². The van der Waals surface area contributed by atoms with Crippen molar-refractivity contribution < 1.29 is 36.9 Å². The molecule has 3 rings (SSSR count). The van der Waals surface area contributed by atoms with Gasteiger partial charge >= 0.3 is 12.9 Å². The van der Waals surface area contributed by atoms with Crippen LogP contribution < -0.4 is 14.2 Å². The summed E-state index contributed by atoms with van der Waals surface area (Å²) >= 11 is 0. The lowest BCUT2D eigenvalue weighted by Crippen LogP contribution is -2.25. The minimum atomic E-state index is -3.82. The molecule has 0 bridgehead atoms. The van der Waals surface area contributed by atoms with Gasteiger partial charge in [-0.15, -0.1) is 8.78 Å². The van der Waals surface area contributed by atoms with Crippen molar-refractivity contribution in [3.63, 3.8) is 0 Å². The highest BCUT2D eigenvalue weighted by Gasteiger charge is 2.43. The van der Waals surface area contributed by atoms with Crippen LogP contribution in [-0.2, 0) is 0 Å². The number of pyridine rings is 1. The molecule has 11 heteroatoms. The summed E-state index contributed by atoms with van der Waals surface area (Å²) in [6.07, 6.45) is -2.33. The summed E-state index contributed by atoms with van der Waals surface area (Å²) in [6, 6.07) is 6.65. The standard InChI is InChI=1S/C21H19F4N3O4/c1-11(9-27-18(10-29)26-3)12(2)14-5-7-16(30-20(22)23)19(28-14)13-4-6-15-17(8-13)32-21(24,25)31-15/h4-9,12,20,29H,3,10H2,1-2H3/b11-9+,27-18?. The number of aliphatic imine (C=N–C) groups is 2. The van der Waals surface area contributed by atoms with Crippen molar-refractivity contribution in [2.45, 2.75) is 32.7 Å². The van der Waals surface area contributed by atoms with Gasteiger partial charge in [0.15, 0.2) is 23.1 Å². The molecule has 32 heavy (non-hydrogen) atoms. The van der Waals surface area contributed by atoms with Crippen LogP contribution >= 0.6 is 0 Å². The Morgan fingerprint density at radius 2 is 1.97 bits per heavy atom. The molecule has 1 aliphatic rings. The van der Waals surface area contributed by atoms with E-state index in [-0.39, 0.29) is 46.9 Å². The third kappa shape index (κ3) is 5.22. The Kier molecular flexibility index (Phi) is 6.78. The van der Waals surface area contributed by atoms with Gasteiger partial charge in [0.25, 0.3) is 0 Å². The van der Waals surface area contributed by atoms with Crippen molar-refractivity contribution in [1.82, 2.24) is 4.98 Å². The number of aliphatic hydroxyl groups is 1. The topological polar surface area (TPSA) is 85.5 Å². The largest absolute Gasteiger partial charge is 0.586 e. The fraction of sp³-hybridized carbons (Fsp3) is 0.286. The molecule has 0 fully saturated rings. The molecule has 0 radical (unpaired) electrons. The number of allylic oxidation sites excluding steroid dienone is 1. The summed E-state index contributed by atoms with van der Waals surface area (Å²) in [7, 11) is 0. The van der Waals surface area contributed by atoms with E-state index in [1.54, 1.807) is 13.8 Å². The van der Waals surface area contributed by atoms with E-state index in [9.17, 15) is 17.6 Å². The zero-order valence-electron chi connectivity index (χ0n) is 17.1. The van der Waals surface area contributed by atoms with Crippen molar-refractivity contribution >= 4 is 12.6 Å². The second-order valence-electron chi connectivity index (χ2n) is 6.75. The van der Waals surface area contributed by atoms with Gasteiger partial charge in [0.2, 0.25) is 0 Å². The summed E-state index contributed by atoms with van der Waals surface area (Å²) in [5.74, 6) is -0.870. The van der Waals surface area contributed by atoms with E-state index in [1.165, 1.54) is 36.5 Å². The van der Waals surface area contributed by atoms with Gasteiger partial charge in [0.05, 0.1) is 0 Å². The number of halogens is 4. The van der Waals surface area contributed by atoms with E-state index in [1.807, 2.05) is 0 Å². The predicted octanol–water partition coefficient (Wildman–Crippen LogP) is 4.77. The van der Waals surface area contributed by atoms with Crippen LogP contribution in [0.15, 0.2) is 52.1 Å². The number of hydrogen-bond acceptors (Lipinski definition) is 6. The molecule has 2 heterocycles. The first-order valence-corrected chi connectivity index (χ1v) is 9.30. The Morgan fingerprint density at radius 1 is 1.25 bits per heavy atom. The van der Waals surface area contributed by atoms with Crippen LogP contribution in [0.2, 0.25) is 0 Å². The number of benzene rings is 1. The first-order chi connectivity index (χ1) is 15.1. The van der Waals surface area contributed by atoms with E-state index < -0.39 is 12.9 Å². The highest BCUT2D eigenvalue weighted by Crippen LogP contribution is 2.44. The lowest BCUT2D eigenvalue weighted by Gasteiger charge is -2.16. The molecular weight excluding hydrogens is 434 g/mol. The molecule has 1 unspecified atom stereocenters. The maximum atomic E-state index is 13.3. The average molecular weight is 453 g/mol. The first-order valence-electron chi connectivity index (χ1n) is 9.30. The Morgan fingerprint density at radius 3 is 2.62 bits per heavy atom. The zero-order chi connectivity index (χ0) is 23.5. The Bertz CT molecular complexity index is 1070. The normalized spacial score (nSPS) is 16.2. The Labute approximate surface area is 180 Å². The van der Waals surface area contributed by atoms with Crippen molar-refractivity contribution in [2.24, 2.45) is 9.98 Å². The monoisotopic (exact) mass is 453 g/mol. The Hall–Kier alpha value is -3.47. The molecule has 1 aromatic heterocycles. The summed E-state index contributed by atoms with van der Waals surface area (Å²) in [5, 5.41) is 9.11. The number of fused-ring (bicyclic) bond motifs is 1. The van der Waals surface area contributed by atoms with Crippen LogP contribution in [0.3, 0.4) is 0 Å². The highest BCUT2D eigenvalue weighted by molar-refractivity contribution is 5.87. The molecule has 7 nitrogen and oxygen atoms in total. The van der Waals surface area contributed by atoms with Crippen LogP contribution in [0, 0.1) is 0 Å². The van der Waals surface area contributed by atoms with Crippen molar-refractivity contribution in [3.8, 4) is 28.5 Å². The van der Waals surface area contributed by atoms with Crippen LogP contribution in [0.4, 0.5) is 17.6 Å². The first kappa shape index (κ1) is 23.2. The van der Waals surface area contributed by atoms with Gasteiger partial charge in [-0.3, -0.25) is 0 Å². The number of alkyl halides is 4. The van der Waals surface area contributed by atoms with Crippen molar-refractivity contribution in [3.05, 3.63) is 47.8 Å². The number of rotatable bonds is 7. The maximum Gasteiger partial charge on any atom is 0.586 e. The van der Waals surface area contributed by atoms with Crippen LogP contribution in [0.5, 0.6) is 17.2 Å². The number of aromatic nitrogens is 1. The lowest BCUT2D eigenvalue weighted by molar-refractivity contribution is -0.286. The quantitative estimate of drug-likeness (QED) is 0.371. The third-order valence-electron chi connectivity index (χ3n) is 4.64. The Balaban J connectivity index is 2.01. The van der Waals surface area contributed by atoms with Crippen LogP contribution in [-0.4, -0.2) is 42.2 Å². The molecule has 0 saturated carbocycles. The van der Waals surface area contributed by atoms with Gasteiger partial charge in [-0.2, -0.15) is 8.78 Å². The molecule has 0 spiro atoms. The van der Waals surface area contributed by atoms with Gasteiger partial charge in [-0.1, -0.05) is 6.92 Å². The fourth-order valence-corrected chi connectivity index (χ4v) is 2.85. The van der Waals surface area contributed by atoms with E-state index >= 15 is 0 Å². The van der Waals surface area contributed by atoms with Gasteiger partial charge in [-0.05, 0) is 49.5 Å². The molecule has 1 N–H and O–H groups in total. The SMILES string of the molecule is C=NC(CO)=N/C=C(\C)C(C)c1ccc(OC(F)F)c(-c2ccc3c(c2)OC(F)(F)O3)n1. The third-order valence-corrected chi connectivity index (χ3v) is 4.64. The number of hydrogen-bond donors (Lipinski definition) is 1. The number of aliphatic hydroxyl groups excluding tert-OH is 1. The summed E-state index contributed by atoms with van der Waals surface area (Å²) < 4.78 is 65.9. The van der Waals surface area contributed by atoms with Gasteiger partial charge in [-0.25, -0.2) is 15.0 Å². The average Bonchev–Trinajstić information content (AvgIpc) is 3.06. The molecular formula is C21H19F4N3O4. The number of amidine groups is 1. The van der Waals surface area contributed by atoms with E-state index in [0.29, 0.717) is 5.69 Å². The van der Waals surface area contributed by atoms with Gasteiger partial charge in [0.1, 0.15) is 12.3 Å². The number of nitrogens with zero attached hydrogens (tertiary/aromatic N) is 3. The predicted molar refractivity (Wildman–Crippen MR) is 109 cm³/mol. The van der Waals surface area contributed by atoms with Crippen molar-refractivity contribution in [2.75, 3.05) is 6.61 Å². The minimum absolute atomic E-state index is 0.0105. The zero-order valence-corrected chi connectivity index (χ0v) is 17.1. The molecule has 0 saturated heterocycles. The molecule has 0 aliphatic carbocycles. The fourth-order valence-electron chi connectivity index (χ4n) is 2.85. The van der Waals surface area contributed by atoms with E-state index in [4.69, 9.17) is 5.11 Å². The maximum absolute atomic E-state index is 13.3. The van der Waals surface area contributed by atoms with Gasteiger partial charge < -0.3 is 19.3 Å². The molecule has 0 amide bonds. The number of ether oxygens (including phenoxy) is 3. The van der Waals surface area contributed by atoms with Crippen molar-refractivity contribution in [1.29, 1.82) is 0 Å². The molecule has 1 aliphatic heterocycles. The second kappa shape index (κ2) is 9.35. The summed E-state index contributed by atoms with van der Waals surface area (Å²) in [5.41, 5.74) is 1.43. The lowest BCUT2D eigenvalue weighted by atomic mass is 9.98. The molecule has 1 atom stereocenters. The van der Waals surface area contributed by atoms with Gasteiger partial charge in [0, 0.05) is 23.4 Å². The summed E-state index contributed by atoms with van der Waals surface area (Å²) in [6.45, 7) is 3.38. The van der Waals surface area contributed by atoms with Crippen LogP contribution in [0.25, 0.3) is 11.3 Å². The summed E-state index contributed by atoms with van der Waals surface area (Å²) in [4.78, 5) is 12.0. The molecule has 1 aromatic carbocycles. The van der Waals surface area contributed by atoms with E-state index in [2.05, 4.69) is 35.9 Å². The minimum Gasteiger partial charge on any atom is -0.432 e.